The first-order chi connectivity index (χ1) is 9.38. The molecule has 0 aliphatic carbocycles. The van der Waals surface area contributed by atoms with Crippen LogP contribution in [0.25, 0.3) is 0 Å². The van der Waals surface area contributed by atoms with E-state index in [1.165, 1.54) is 4.31 Å². The van der Waals surface area contributed by atoms with Gasteiger partial charge in [0.15, 0.2) is 5.82 Å². The van der Waals surface area contributed by atoms with E-state index in [9.17, 15) is 8.42 Å². The van der Waals surface area contributed by atoms with Crippen LogP contribution in [0.1, 0.15) is 31.5 Å². The van der Waals surface area contributed by atoms with Gasteiger partial charge in [-0.1, -0.05) is 19.0 Å². The Morgan fingerprint density at radius 3 is 2.50 bits per heavy atom. The van der Waals surface area contributed by atoms with Gasteiger partial charge in [-0.15, -0.1) is 0 Å². The van der Waals surface area contributed by atoms with Gasteiger partial charge in [0.05, 0.1) is 6.54 Å². The highest BCUT2D eigenvalue weighted by Crippen LogP contribution is 2.10. The molecule has 0 unspecified atom stereocenters. The number of rotatable bonds is 5. The van der Waals surface area contributed by atoms with Gasteiger partial charge in [-0.05, 0) is 7.05 Å². The van der Waals surface area contributed by atoms with Crippen molar-refractivity contribution in [3.05, 3.63) is 11.7 Å². The Kier molecular flexibility index (Phi) is 4.74. The molecule has 2 heterocycles. The zero-order valence-electron chi connectivity index (χ0n) is 12.0. The number of aromatic nitrogens is 2. The molecule has 20 heavy (non-hydrogen) atoms. The quantitative estimate of drug-likeness (QED) is 0.808. The molecule has 1 aromatic rings. The van der Waals surface area contributed by atoms with Crippen molar-refractivity contribution in [3.8, 4) is 0 Å². The number of hydrogen-bond donors (Lipinski definition) is 1. The zero-order chi connectivity index (χ0) is 14.8. The van der Waals surface area contributed by atoms with Crippen molar-refractivity contribution in [2.75, 3.05) is 33.2 Å². The van der Waals surface area contributed by atoms with Crippen LogP contribution in [0, 0.1) is 0 Å². The Morgan fingerprint density at radius 2 is 1.95 bits per heavy atom. The van der Waals surface area contributed by atoms with E-state index in [4.69, 9.17) is 4.52 Å². The number of likely N-dealkylation sites (N-methyl/N-ethyl adjacent to an activating group) is 1. The summed E-state index contributed by atoms with van der Waals surface area (Å²) in [6.07, 6.45) is 0. The van der Waals surface area contributed by atoms with Gasteiger partial charge in [0.1, 0.15) is 0 Å². The third-order valence-electron chi connectivity index (χ3n) is 3.21. The molecule has 1 aromatic heterocycles. The van der Waals surface area contributed by atoms with E-state index >= 15 is 0 Å². The molecular weight excluding hydrogens is 282 g/mol. The summed E-state index contributed by atoms with van der Waals surface area (Å²) in [7, 11) is -1.51. The second kappa shape index (κ2) is 6.17. The maximum Gasteiger partial charge on any atom is 0.280 e. The highest BCUT2D eigenvalue weighted by Gasteiger charge is 2.25. The van der Waals surface area contributed by atoms with Crippen molar-refractivity contribution < 1.29 is 12.9 Å². The molecule has 1 saturated heterocycles. The van der Waals surface area contributed by atoms with Gasteiger partial charge in [0.25, 0.3) is 10.2 Å². The lowest BCUT2D eigenvalue weighted by atomic mass is 10.2. The average molecular weight is 303 g/mol. The number of nitrogens with zero attached hydrogens (tertiary/aromatic N) is 4. The summed E-state index contributed by atoms with van der Waals surface area (Å²) >= 11 is 0. The highest BCUT2D eigenvalue weighted by molar-refractivity contribution is 7.87. The van der Waals surface area contributed by atoms with E-state index in [-0.39, 0.29) is 18.4 Å². The fourth-order valence-electron chi connectivity index (χ4n) is 1.85. The van der Waals surface area contributed by atoms with Crippen LogP contribution >= 0.6 is 0 Å². The Labute approximate surface area is 119 Å². The number of nitrogens with one attached hydrogen (secondary N) is 1. The van der Waals surface area contributed by atoms with Crippen LogP contribution in [0.15, 0.2) is 4.52 Å². The van der Waals surface area contributed by atoms with Gasteiger partial charge < -0.3 is 9.42 Å². The standard InChI is InChI=1S/C11H21N5O3S/c1-9(2)11-13-10(19-14-11)8-12-20(17,18)16-6-4-15(3)5-7-16/h9,12H,4-8H2,1-3H3. The lowest BCUT2D eigenvalue weighted by Crippen LogP contribution is -2.50. The molecule has 0 amide bonds. The molecule has 0 bridgehead atoms. The van der Waals surface area contributed by atoms with Crippen molar-refractivity contribution in [1.29, 1.82) is 0 Å². The van der Waals surface area contributed by atoms with E-state index in [0.29, 0.717) is 18.9 Å². The van der Waals surface area contributed by atoms with Crippen LogP contribution in [0.2, 0.25) is 0 Å². The lowest BCUT2D eigenvalue weighted by molar-refractivity contribution is 0.220. The summed E-state index contributed by atoms with van der Waals surface area (Å²) in [6.45, 7) is 6.37. The van der Waals surface area contributed by atoms with E-state index in [2.05, 4.69) is 19.8 Å². The monoisotopic (exact) mass is 303 g/mol. The first-order valence-corrected chi connectivity index (χ1v) is 8.08. The van der Waals surface area contributed by atoms with E-state index in [0.717, 1.165) is 13.1 Å². The molecule has 0 atom stereocenters. The molecule has 9 heteroatoms. The molecular formula is C11H21N5O3S. The fraction of sp³-hybridized carbons (Fsp3) is 0.818. The minimum Gasteiger partial charge on any atom is -0.338 e. The normalized spacial score (nSPS) is 18.8. The van der Waals surface area contributed by atoms with Crippen molar-refractivity contribution >= 4 is 10.2 Å². The molecule has 0 saturated carbocycles. The van der Waals surface area contributed by atoms with E-state index in [1.807, 2.05) is 20.9 Å². The average Bonchev–Trinajstić information content (AvgIpc) is 2.86. The van der Waals surface area contributed by atoms with E-state index < -0.39 is 10.2 Å². The highest BCUT2D eigenvalue weighted by atomic mass is 32.2. The van der Waals surface area contributed by atoms with Crippen LogP contribution in [0.3, 0.4) is 0 Å². The summed E-state index contributed by atoms with van der Waals surface area (Å²) in [5, 5.41) is 3.80. The predicted octanol–water partition coefficient (Wildman–Crippen LogP) is -0.225. The van der Waals surface area contributed by atoms with Gasteiger partial charge in [-0.25, -0.2) is 0 Å². The van der Waals surface area contributed by atoms with Crippen molar-refractivity contribution in [1.82, 2.24) is 24.1 Å². The third-order valence-corrected chi connectivity index (χ3v) is 4.76. The molecule has 0 radical (unpaired) electrons. The van der Waals surface area contributed by atoms with Crippen LogP contribution in [-0.4, -0.2) is 61.0 Å². The van der Waals surface area contributed by atoms with Gasteiger partial charge in [-0.3, -0.25) is 0 Å². The second-order valence-electron chi connectivity index (χ2n) is 5.23. The maximum absolute atomic E-state index is 12.1. The van der Waals surface area contributed by atoms with Gasteiger partial charge >= 0.3 is 0 Å². The number of hydrogen-bond acceptors (Lipinski definition) is 6. The SMILES string of the molecule is CC(C)c1noc(CNS(=O)(=O)N2CCN(C)CC2)n1. The van der Waals surface area contributed by atoms with Crippen molar-refractivity contribution in [2.45, 2.75) is 26.3 Å². The largest absolute Gasteiger partial charge is 0.338 e. The molecule has 1 N–H and O–H groups in total. The topological polar surface area (TPSA) is 91.6 Å². The molecule has 1 aliphatic rings. The van der Waals surface area contributed by atoms with E-state index in [1.54, 1.807) is 0 Å². The first kappa shape index (κ1) is 15.4. The number of piperazine rings is 1. The Bertz CT molecular complexity index is 534. The minimum atomic E-state index is -3.49. The summed E-state index contributed by atoms with van der Waals surface area (Å²) in [5.41, 5.74) is 0. The summed E-state index contributed by atoms with van der Waals surface area (Å²) < 4.78 is 33.2. The Hall–Kier alpha value is -1.03. The van der Waals surface area contributed by atoms with Gasteiger partial charge in [-0.2, -0.15) is 22.4 Å². The summed E-state index contributed by atoms with van der Waals surface area (Å²) in [6, 6.07) is 0. The van der Waals surface area contributed by atoms with Gasteiger partial charge in [0.2, 0.25) is 5.89 Å². The van der Waals surface area contributed by atoms with Crippen LogP contribution in [-0.2, 0) is 16.8 Å². The Morgan fingerprint density at radius 1 is 1.30 bits per heavy atom. The minimum absolute atomic E-state index is 0.0222. The zero-order valence-corrected chi connectivity index (χ0v) is 12.9. The van der Waals surface area contributed by atoms with Crippen LogP contribution in [0.5, 0.6) is 0 Å². The summed E-state index contributed by atoms with van der Waals surface area (Å²) in [5.74, 6) is 1.02. The van der Waals surface area contributed by atoms with Crippen molar-refractivity contribution in [2.24, 2.45) is 0 Å². The molecule has 8 nitrogen and oxygen atoms in total. The van der Waals surface area contributed by atoms with Crippen molar-refractivity contribution in [3.63, 3.8) is 0 Å². The van der Waals surface area contributed by atoms with Gasteiger partial charge in [0, 0.05) is 32.1 Å². The smallest absolute Gasteiger partial charge is 0.280 e. The molecule has 1 fully saturated rings. The summed E-state index contributed by atoms with van der Waals surface area (Å²) in [4.78, 5) is 6.23. The predicted molar refractivity (Wildman–Crippen MR) is 73.2 cm³/mol. The molecule has 2 rings (SSSR count). The maximum atomic E-state index is 12.1. The molecule has 0 aromatic carbocycles. The fourth-order valence-corrected chi connectivity index (χ4v) is 2.98. The lowest BCUT2D eigenvalue weighted by Gasteiger charge is -2.31. The second-order valence-corrected chi connectivity index (χ2v) is 6.98. The van der Waals surface area contributed by atoms with Crippen LogP contribution in [0.4, 0.5) is 0 Å². The Balaban J connectivity index is 1.91. The molecule has 1 aliphatic heterocycles. The third kappa shape index (κ3) is 3.75. The first-order valence-electron chi connectivity index (χ1n) is 6.64. The van der Waals surface area contributed by atoms with Crippen LogP contribution < -0.4 is 4.72 Å². The molecule has 114 valence electrons. The molecule has 0 spiro atoms.